The summed E-state index contributed by atoms with van der Waals surface area (Å²) in [5.41, 5.74) is -1.13. The Hall–Kier alpha value is -2.14. The van der Waals surface area contributed by atoms with E-state index in [-0.39, 0.29) is 17.0 Å². The van der Waals surface area contributed by atoms with Gasteiger partial charge in [0.2, 0.25) is 0 Å². The SMILES string of the molecule is C=CCc1c(C(F)(F)F)ccc(Cl)c1O.Oc1ccccc1. The van der Waals surface area contributed by atoms with Crippen molar-refractivity contribution < 1.29 is 23.4 Å². The van der Waals surface area contributed by atoms with E-state index in [9.17, 15) is 18.3 Å². The van der Waals surface area contributed by atoms with Gasteiger partial charge in [0.15, 0.2) is 0 Å². The molecule has 0 fully saturated rings. The zero-order chi connectivity index (χ0) is 16.8. The minimum absolute atomic E-state index is 0.0821. The fourth-order valence-corrected chi connectivity index (χ4v) is 1.83. The molecule has 2 aromatic rings. The topological polar surface area (TPSA) is 40.5 Å². The molecule has 0 atom stereocenters. The summed E-state index contributed by atoms with van der Waals surface area (Å²) in [5, 5.41) is 17.9. The predicted molar refractivity (Wildman–Crippen MR) is 80.1 cm³/mol. The van der Waals surface area contributed by atoms with Gasteiger partial charge in [0.05, 0.1) is 10.6 Å². The van der Waals surface area contributed by atoms with Gasteiger partial charge < -0.3 is 10.2 Å². The van der Waals surface area contributed by atoms with Gasteiger partial charge in [-0.2, -0.15) is 13.2 Å². The average molecular weight is 331 g/mol. The van der Waals surface area contributed by atoms with Crippen molar-refractivity contribution in [3.63, 3.8) is 0 Å². The molecule has 0 amide bonds. The summed E-state index contributed by atoms with van der Waals surface area (Å²) in [5.74, 6) is -0.214. The maximum atomic E-state index is 12.5. The molecule has 0 aliphatic carbocycles. The quantitative estimate of drug-likeness (QED) is 0.744. The van der Waals surface area contributed by atoms with E-state index in [0.29, 0.717) is 5.75 Å². The van der Waals surface area contributed by atoms with E-state index < -0.39 is 17.5 Å². The minimum Gasteiger partial charge on any atom is -0.508 e. The lowest BCUT2D eigenvalue weighted by atomic mass is 10.0. The molecule has 2 rings (SSSR count). The summed E-state index contributed by atoms with van der Waals surface area (Å²) >= 11 is 5.52. The minimum atomic E-state index is -4.50. The van der Waals surface area contributed by atoms with Gasteiger partial charge in [-0.25, -0.2) is 0 Å². The molecular weight excluding hydrogens is 317 g/mol. The molecule has 0 radical (unpaired) electrons. The summed E-state index contributed by atoms with van der Waals surface area (Å²) in [6, 6.07) is 10.6. The molecule has 118 valence electrons. The number of allylic oxidation sites excluding steroid dienone is 1. The summed E-state index contributed by atoms with van der Waals surface area (Å²) in [4.78, 5) is 0. The molecule has 0 saturated carbocycles. The molecule has 0 heterocycles. The fourth-order valence-electron chi connectivity index (χ4n) is 1.65. The van der Waals surface area contributed by atoms with Crippen molar-refractivity contribution in [2.24, 2.45) is 0 Å². The maximum Gasteiger partial charge on any atom is 0.416 e. The normalized spacial score (nSPS) is 10.5. The first-order valence-corrected chi connectivity index (χ1v) is 6.57. The van der Waals surface area contributed by atoms with Crippen molar-refractivity contribution >= 4 is 11.6 Å². The van der Waals surface area contributed by atoms with Crippen LogP contribution in [0.25, 0.3) is 0 Å². The molecule has 2 aromatic carbocycles. The monoisotopic (exact) mass is 330 g/mol. The fraction of sp³-hybridized carbons (Fsp3) is 0.125. The Balaban J connectivity index is 0.000000287. The summed E-state index contributed by atoms with van der Waals surface area (Å²) in [6.07, 6.45) is -3.30. The third kappa shape index (κ3) is 5.00. The highest BCUT2D eigenvalue weighted by atomic mass is 35.5. The van der Waals surface area contributed by atoms with Crippen LogP contribution < -0.4 is 0 Å². The third-order valence-corrected chi connectivity index (χ3v) is 2.95. The smallest absolute Gasteiger partial charge is 0.416 e. The zero-order valence-electron chi connectivity index (χ0n) is 11.4. The van der Waals surface area contributed by atoms with Gasteiger partial charge in [0, 0.05) is 5.56 Å². The van der Waals surface area contributed by atoms with Gasteiger partial charge in [-0.15, -0.1) is 6.58 Å². The predicted octanol–water partition coefficient (Wildman–Crippen LogP) is 5.19. The van der Waals surface area contributed by atoms with Crippen molar-refractivity contribution in [3.8, 4) is 11.5 Å². The molecule has 0 aromatic heterocycles. The van der Waals surface area contributed by atoms with Crippen LogP contribution in [0.1, 0.15) is 11.1 Å². The van der Waals surface area contributed by atoms with Crippen molar-refractivity contribution in [2.75, 3.05) is 0 Å². The number of aromatic hydroxyl groups is 2. The maximum absolute atomic E-state index is 12.5. The lowest BCUT2D eigenvalue weighted by Crippen LogP contribution is -2.09. The Morgan fingerprint density at radius 3 is 2.05 bits per heavy atom. The second-order valence-corrected chi connectivity index (χ2v) is 4.66. The van der Waals surface area contributed by atoms with Crippen LogP contribution >= 0.6 is 11.6 Å². The van der Waals surface area contributed by atoms with E-state index in [1.54, 1.807) is 24.3 Å². The highest BCUT2D eigenvalue weighted by Gasteiger charge is 2.34. The average Bonchev–Trinajstić information content (AvgIpc) is 2.44. The van der Waals surface area contributed by atoms with Gasteiger partial charge in [0.25, 0.3) is 0 Å². The van der Waals surface area contributed by atoms with Crippen LogP contribution in [0.2, 0.25) is 5.02 Å². The molecule has 0 bridgehead atoms. The number of rotatable bonds is 2. The second kappa shape index (κ2) is 7.75. The number of phenols is 2. The standard InChI is InChI=1S/C10H8ClF3O.C6H6O/c1-2-3-6-7(10(12,13)14)4-5-8(11)9(6)15;7-6-4-2-1-3-5-6/h2,4-5,15H,1,3H2;1-5,7H. The van der Waals surface area contributed by atoms with Gasteiger partial charge >= 0.3 is 6.18 Å². The number of halogens is 4. The van der Waals surface area contributed by atoms with E-state index in [0.717, 1.165) is 12.1 Å². The Labute approximate surface area is 131 Å². The van der Waals surface area contributed by atoms with Crippen LogP contribution in [-0.4, -0.2) is 10.2 Å². The van der Waals surface area contributed by atoms with Crippen LogP contribution in [-0.2, 0) is 12.6 Å². The molecule has 2 nitrogen and oxygen atoms in total. The first-order valence-electron chi connectivity index (χ1n) is 6.19. The van der Waals surface area contributed by atoms with Crippen LogP contribution in [0.15, 0.2) is 55.1 Å². The van der Waals surface area contributed by atoms with E-state index in [2.05, 4.69) is 6.58 Å². The molecule has 2 N–H and O–H groups in total. The summed E-state index contributed by atoms with van der Waals surface area (Å²) in [6.45, 7) is 3.33. The van der Waals surface area contributed by atoms with Crippen LogP contribution in [0.3, 0.4) is 0 Å². The Kier molecular flexibility index (Phi) is 6.31. The van der Waals surface area contributed by atoms with Crippen LogP contribution in [0, 0.1) is 0 Å². The first kappa shape index (κ1) is 17.9. The molecule has 0 spiro atoms. The molecular formula is C16H14ClF3O2. The van der Waals surface area contributed by atoms with Gasteiger partial charge in [0.1, 0.15) is 11.5 Å². The number of phenolic OH excluding ortho intramolecular Hbond substituents is 2. The number of benzene rings is 2. The van der Waals surface area contributed by atoms with Gasteiger partial charge in [-0.1, -0.05) is 35.9 Å². The van der Waals surface area contributed by atoms with Crippen molar-refractivity contribution in [1.82, 2.24) is 0 Å². The second-order valence-electron chi connectivity index (χ2n) is 4.25. The van der Waals surface area contributed by atoms with E-state index in [1.165, 1.54) is 6.08 Å². The van der Waals surface area contributed by atoms with E-state index >= 15 is 0 Å². The summed E-state index contributed by atoms with van der Waals surface area (Å²) < 4.78 is 37.5. The molecule has 0 aliphatic heterocycles. The largest absolute Gasteiger partial charge is 0.508 e. The van der Waals surface area contributed by atoms with Crippen LogP contribution in [0.5, 0.6) is 11.5 Å². The van der Waals surface area contributed by atoms with Crippen molar-refractivity contribution in [2.45, 2.75) is 12.6 Å². The zero-order valence-corrected chi connectivity index (χ0v) is 12.2. The number of hydrogen-bond acceptors (Lipinski definition) is 2. The van der Waals surface area contributed by atoms with Crippen molar-refractivity contribution in [3.05, 3.63) is 71.3 Å². The third-order valence-electron chi connectivity index (χ3n) is 2.64. The highest BCUT2D eigenvalue weighted by molar-refractivity contribution is 6.32. The Morgan fingerprint density at radius 2 is 1.64 bits per heavy atom. The Bertz CT molecular complexity index is 625. The van der Waals surface area contributed by atoms with Gasteiger partial charge in [-0.05, 0) is 30.7 Å². The molecule has 0 aliphatic rings. The number of alkyl halides is 3. The molecule has 22 heavy (non-hydrogen) atoms. The summed E-state index contributed by atoms with van der Waals surface area (Å²) in [7, 11) is 0. The molecule has 0 unspecified atom stereocenters. The van der Waals surface area contributed by atoms with E-state index in [1.807, 2.05) is 6.07 Å². The molecule has 6 heteroatoms. The van der Waals surface area contributed by atoms with Crippen molar-refractivity contribution in [1.29, 1.82) is 0 Å². The Morgan fingerprint density at radius 1 is 1.05 bits per heavy atom. The highest BCUT2D eigenvalue weighted by Crippen LogP contribution is 2.39. The van der Waals surface area contributed by atoms with E-state index in [4.69, 9.17) is 16.7 Å². The lowest BCUT2D eigenvalue weighted by Gasteiger charge is -2.13. The first-order chi connectivity index (χ1) is 10.3. The number of para-hydroxylation sites is 1. The molecule has 0 saturated heterocycles. The lowest BCUT2D eigenvalue weighted by molar-refractivity contribution is -0.138. The number of hydrogen-bond donors (Lipinski definition) is 2. The van der Waals surface area contributed by atoms with Crippen LogP contribution in [0.4, 0.5) is 13.2 Å². The van der Waals surface area contributed by atoms with Gasteiger partial charge in [-0.3, -0.25) is 0 Å².